The number of anilines is 1. The fourth-order valence-electron chi connectivity index (χ4n) is 2.86. The monoisotopic (exact) mass is 362 g/mol. The molecule has 1 aliphatic rings. The molecule has 0 spiro atoms. The van der Waals surface area contributed by atoms with Gasteiger partial charge in [0.15, 0.2) is 0 Å². The molecule has 1 atom stereocenters. The van der Waals surface area contributed by atoms with Crippen LogP contribution in [0.25, 0.3) is 0 Å². The molecule has 1 aliphatic heterocycles. The molecule has 8 heteroatoms. The molecule has 25 heavy (non-hydrogen) atoms. The Bertz CT molecular complexity index is 762. The Kier molecular flexibility index (Phi) is 5.37. The van der Waals surface area contributed by atoms with Crippen LogP contribution in [0.15, 0.2) is 24.3 Å². The van der Waals surface area contributed by atoms with Gasteiger partial charge in [-0.3, -0.25) is 9.59 Å². The zero-order valence-electron chi connectivity index (χ0n) is 13.9. The molecule has 2 amide bonds. The SMILES string of the molecule is CCCC(=O)N1CCCC1c1nnc(C(=O)Nc2ccc(F)cc2)s1. The predicted molar refractivity (Wildman–Crippen MR) is 92.9 cm³/mol. The summed E-state index contributed by atoms with van der Waals surface area (Å²) in [5, 5.41) is 11.7. The molecule has 1 fully saturated rings. The number of likely N-dealkylation sites (tertiary alicyclic amines) is 1. The highest BCUT2D eigenvalue weighted by Crippen LogP contribution is 2.34. The fraction of sp³-hybridized carbons (Fsp3) is 0.412. The van der Waals surface area contributed by atoms with Crippen molar-refractivity contribution in [2.45, 2.75) is 38.6 Å². The third-order valence-electron chi connectivity index (χ3n) is 4.06. The Hall–Kier alpha value is -2.35. The smallest absolute Gasteiger partial charge is 0.286 e. The van der Waals surface area contributed by atoms with E-state index in [0.717, 1.165) is 25.8 Å². The molecule has 0 aliphatic carbocycles. The summed E-state index contributed by atoms with van der Waals surface area (Å²) in [5.74, 6) is -0.633. The summed E-state index contributed by atoms with van der Waals surface area (Å²) in [6.07, 6.45) is 3.09. The minimum absolute atomic E-state index is 0.0936. The lowest BCUT2D eigenvalue weighted by Crippen LogP contribution is -2.30. The molecular weight excluding hydrogens is 343 g/mol. The number of benzene rings is 1. The van der Waals surface area contributed by atoms with Crippen molar-refractivity contribution in [2.24, 2.45) is 0 Å². The summed E-state index contributed by atoms with van der Waals surface area (Å²) in [5.41, 5.74) is 0.490. The first-order chi connectivity index (χ1) is 12.1. The molecule has 2 heterocycles. The van der Waals surface area contributed by atoms with Gasteiger partial charge in [0.25, 0.3) is 5.91 Å². The third-order valence-corrected chi connectivity index (χ3v) is 5.08. The Morgan fingerprint density at radius 2 is 2.08 bits per heavy atom. The van der Waals surface area contributed by atoms with E-state index in [9.17, 15) is 14.0 Å². The quantitative estimate of drug-likeness (QED) is 0.885. The molecule has 2 aromatic rings. The molecule has 6 nitrogen and oxygen atoms in total. The molecule has 1 N–H and O–H groups in total. The topological polar surface area (TPSA) is 75.2 Å². The highest BCUT2D eigenvalue weighted by Gasteiger charge is 2.32. The van der Waals surface area contributed by atoms with Gasteiger partial charge in [-0.1, -0.05) is 18.3 Å². The second kappa shape index (κ2) is 7.69. The van der Waals surface area contributed by atoms with Crippen molar-refractivity contribution in [2.75, 3.05) is 11.9 Å². The van der Waals surface area contributed by atoms with Crippen LogP contribution >= 0.6 is 11.3 Å². The molecule has 1 saturated heterocycles. The average molecular weight is 362 g/mol. The Morgan fingerprint density at radius 1 is 1.32 bits per heavy atom. The first-order valence-corrected chi connectivity index (χ1v) is 9.10. The molecule has 0 radical (unpaired) electrons. The lowest BCUT2D eigenvalue weighted by atomic mass is 10.2. The largest absolute Gasteiger partial charge is 0.333 e. The van der Waals surface area contributed by atoms with Crippen molar-refractivity contribution in [3.05, 3.63) is 40.1 Å². The van der Waals surface area contributed by atoms with Gasteiger partial charge in [-0.2, -0.15) is 0 Å². The number of rotatable bonds is 5. The van der Waals surface area contributed by atoms with E-state index in [1.54, 1.807) is 0 Å². The number of halogens is 1. The molecule has 132 valence electrons. The van der Waals surface area contributed by atoms with Crippen LogP contribution < -0.4 is 5.32 Å². The van der Waals surface area contributed by atoms with E-state index in [1.165, 1.54) is 35.6 Å². The highest BCUT2D eigenvalue weighted by atomic mass is 32.1. The first-order valence-electron chi connectivity index (χ1n) is 8.28. The highest BCUT2D eigenvalue weighted by molar-refractivity contribution is 7.13. The fourth-order valence-corrected chi connectivity index (χ4v) is 3.74. The number of nitrogens with one attached hydrogen (secondary N) is 1. The standard InChI is InChI=1S/C17H19FN4O2S/c1-2-4-14(23)22-10-3-5-13(22)16-20-21-17(25-16)15(24)19-12-8-6-11(18)7-9-12/h6-9,13H,2-5,10H2,1H3,(H,19,24). The minimum atomic E-state index is -0.389. The normalized spacial score (nSPS) is 16.9. The Labute approximate surface area is 149 Å². The van der Waals surface area contributed by atoms with Crippen molar-refractivity contribution in [1.29, 1.82) is 0 Å². The van der Waals surface area contributed by atoms with Crippen LogP contribution in [0.1, 0.15) is 53.5 Å². The van der Waals surface area contributed by atoms with Gasteiger partial charge in [-0.15, -0.1) is 10.2 Å². The summed E-state index contributed by atoms with van der Waals surface area (Å²) in [7, 11) is 0. The molecular formula is C17H19FN4O2S. The zero-order chi connectivity index (χ0) is 17.8. The second-order valence-corrected chi connectivity index (χ2v) is 6.91. The first kappa shape index (κ1) is 17.5. The number of carbonyl (C=O) groups is 2. The Morgan fingerprint density at radius 3 is 2.80 bits per heavy atom. The number of nitrogens with zero attached hydrogens (tertiary/aromatic N) is 3. The van der Waals surface area contributed by atoms with Crippen LogP contribution in [-0.2, 0) is 4.79 Å². The van der Waals surface area contributed by atoms with E-state index in [0.29, 0.717) is 17.1 Å². The van der Waals surface area contributed by atoms with Crippen LogP contribution in [-0.4, -0.2) is 33.5 Å². The maximum absolute atomic E-state index is 12.9. The molecule has 1 aromatic heterocycles. The van der Waals surface area contributed by atoms with Gasteiger partial charge in [0.2, 0.25) is 10.9 Å². The van der Waals surface area contributed by atoms with E-state index in [1.807, 2.05) is 11.8 Å². The number of hydrogen-bond acceptors (Lipinski definition) is 5. The van der Waals surface area contributed by atoms with E-state index in [4.69, 9.17) is 0 Å². The molecule has 0 bridgehead atoms. The predicted octanol–water partition coefficient (Wildman–Crippen LogP) is 3.39. The third kappa shape index (κ3) is 4.01. The average Bonchev–Trinajstić information content (AvgIpc) is 3.26. The van der Waals surface area contributed by atoms with Gasteiger partial charge in [0, 0.05) is 18.7 Å². The van der Waals surface area contributed by atoms with Gasteiger partial charge in [0.05, 0.1) is 6.04 Å². The number of carbonyl (C=O) groups excluding carboxylic acids is 2. The molecule has 1 unspecified atom stereocenters. The van der Waals surface area contributed by atoms with E-state index < -0.39 is 0 Å². The zero-order valence-corrected chi connectivity index (χ0v) is 14.7. The molecule has 3 rings (SSSR count). The van der Waals surface area contributed by atoms with Crippen LogP contribution in [0.5, 0.6) is 0 Å². The van der Waals surface area contributed by atoms with Gasteiger partial charge in [0.1, 0.15) is 10.8 Å². The van der Waals surface area contributed by atoms with Crippen LogP contribution in [0.4, 0.5) is 10.1 Å². The van der Waals surface area contributed by atoms with Crippen LogP contribution in [0, 0.1) is 5.82 Å². The molecule has 1 aromatic carbocycles. The number of aromatic nitrogens is 2. The summed E-state index contributed by atoms with van der Waals surface area (Å²) in [6, 6.07) is 5.42. The number of amides is 2. The van der Waals surface area contributed by atoms with Crippen molar-refractivity contribution >= 4 is 28.8 Å². The second-order valence-electron chi connectivity index (χ2n) is 5.90. The summed E-state index contributed by atoms with van der Waals surface area (Å²) in [6.45, 7) is 2.70. The van der Waals surface area contributed by atoms with Gasteiger partial charge >= 0.3 is 0 Å². The van der Waals surface area contributed by atoms with Gasteiger partial charge in [-0.25, -0.2) is 4.39 Å². The maximum Gasteiger partial charge on any atom is 0.286 e. The van der Waals surface area contributed by atoms with E-state index >= 15 is 0 Å². The van der Waals surface area contributed by atoms with Crippen LogP contribution in [0.2, 0.25) is 0 Å². The minimum Gasteiger partial charge on any atom is -0.333 e. The van der Waals surface area contributed by atoms with Crippen molar-refractivity contribution in [1.82, 2.24) is 15.1 Å². The van der Waals surface area contributed by atoms with Gasteiger partial charge in [-0.05, 0) is 43.5 Å². The lowest BCUT2D eigenvalue weighted by Gasteiger charge is -2.22. The van der Waals surface area contributed by atoms with Crippen molar-refractivity contribution in [3.63, 3.8) is 0 Å². The van der Waals surface area contributed by atoms with Crippen LogP contribution in [0.3, 0.4) is 0 Å². The van der Waals surface area contributed by atoms with Gasteiger partial charge < -0.3 is 10.2 Å². The van der Waals surface area contributed by atoms with Crippen molar-refractivity contribution < 1.29 is 14.0 Å². The van der Waals surface area contributed by atoms with E-state index in [2.05, 4.69) is 15.5 Å². The summed E-state index contributed by atoms with van der Waals surface area (Å²) in [4.78, 5) is 26.3. The van der Waals surface area contributed by atoms with E-state index in [-0.39, 0.29) is 28.7 Å². The lowest BCUT2D eigenvalue weighted by molar-refractivity contribution is -0.132. The van der Waals surface area contributed by atoms with Crippen molar-refractivity contribution in [3.8, 4) is 0 Å². The number of hydrogen-bond donors (Lipinski definition) is 1. The summed E-state index contributed by atoms with van der Waals surface area (Å²) >= 11 is 1.20. The maximum atomic E-state index is 12.9. The Balaban J connectivity index is 1.70. The molecule has 0 saturated carbocycles. The summed E-state index contributed by atoms with van der Waals surface area (Å²) < 4.78 is 12.9.